The Hall–Kier alpha value is -1.95. The summed E-state index contributed by atoms with van der Waals surface area (Å²) in [6, 6.07) is 0.194. The Morgan fingerprint density at radius 2 is 2.15 bits per heavy atom. The van der Waals surface area contributed by atoms with E-state index in [-0.39, 0.29) is 11.9 Å². The van der Waals surface area contributed by atoms with Crippen molar-refractivity contribution in [1.82, 2.24) is 20.6 Å². The third-order valence-corrected chi connectivity index (χ3v) is 4.26. The Kier molecular flexibility index (Phi) is 2.70. The van der Waals surface area contributed by atoms with Crippen LogP contribution in [0.1, 0.15) is 25.0 Å². The topological polar surface area (TPSA) is 67.4 Å². The van der Waals surface area contributed by atoms with Gasteiger partial charge in [-0.25, -0.2) is 5.01 Å². The predicted molar refractivity (Wildman–Crippen MR) is 71.3 cm³/mol. The quantitative estimate of drug-likeness (QED) is 0.698. The van der Waals surface area contributed by atoms with Gasteiger partial charge in [-0.15, -0.1) is 0 Å². The molecule has 6 nitrogen and oxygen atoms in total. The Morgan fingerprint density at radius 3 is 3.00 bits per heavy atom. The van der Waals surface area contributed by atoms with Gasteiger partial charge < -0.3 is 10.2 Å². The van der Waals surface area contributed by atoms with Gasteiger partial charge in [0, 0.05) is 35.4 Å². The number of ether oxygens (including phenoxy) is 1. The van der Waals surface area contributed by atoms with Crippen molar-refractivity contribution >= 4 is 17.7 Å². The number of nitrogens with one attached hydrogen (secondary N) is 1. The van der Waals surface area contributed by atoms with Crippen LogP contribution in [0, 0.1) is 0 Å². The molecule has 1 aromatic rings. The maximum atomic E-state index is 12.8. The maximum absolute atomic E-state index is 12.8. The van der Waals surface area contributed by atoms with Gasteiger partial charge in [0.05, 0.1) is 17.9 Å². The van der Waals surface area contributed by atoms with Crippen LogP contribution in [0.25, 0.3) is 11.8 Å². The van der Waals surface area contributed by atoms with Gasteiger partial charge in [-0.05, 0) is 25.7 Å². The van der Waals surface area contributed by atoms with Crippen LogP contribution < -0.4 is 15.9 Å². The number of hydrazine groups is 1. The van der Waals surface area contributed by atoms with Gasteiger partial charge in [-0.2, -0.15) is 10.2 Å². The smallest absolute Gasteiger partial charge is 0.269 e. The first-order chi connectivity index (χ1) is 9.84. The summed E-state index contributed by atoms with van der Waals surface area (Å²) in [5.41, 5.74) is 4.98. The second kappa shape index (κ2) is 4.56. The fraction of sp³-hybridized carbons (Fsp3) is 0.500. The van der Waals surface area contributed by atoms with E-state index in [9.17, 15) is 4.79 Å². The summed E-state index contributed by atoms with van der Waals surface area (Å²) in [6.45, 7) is 1.43. The van der Waals surface area contributed by atoms with Gasteiger partial charge in [-0.3, -0.25) is 4.79 Å². The molecule has 1 amide bonds. The number of aryl methyl sites for hydroxylation is 1. The highest BCUT2D eigenvalue weighted by molar-refractivity contribution is 6.14. The van der Waals surface area contributed by atoms with Crippen LogP contribution in [0.4, 0.5) is 0 Å². The van der Waals surface area contributed by atoms with E-state index in [0.29, 0.717) is 13.2 Å². The molecular formula is C14H16N4O2. The molecule has 0 aromatic carbocycles. The lowest BCUT2D eigenvalue weighted by Crippen LogP contribution is -2.49. The van der Waals surface area contributed by atoms with Crippen molar-refractivity contribution in [3.05, 3.63) is 22.3 Å². The molecule has 0 bridgehead atoms. The van der Waals surface area contributed by atoms with Crippen LogP contribution in [0.2, 0.25) is 0 Å². The summed E-state index contributed by atoms with van der Waals surface area (Å²) in [7, 11) is 0. The molecule has 0 atom stereocenters. The average Bonchev–Trinajstić information content (AvgIpc) is 2.87. The monoisotopic (exact) mass is 272 g/mol. The molecular weight excluding hydrogens is 256 g/mol. The van der Waals surface area contributed by atoms with Crippen LogP contribution >= 0.6 is 0 Å². The third-order valence-electron chi connectivity index (χ3n) is 4.26. The maximum Gasteiger partial charge on any atom is 0.269 e. The summed E-state index contributed by atoms with van der Waals surface area (Å²) >= 11 is 0. The highest BCUT2D eigenvalue weighted by Crippen LogP contribution is 2.20. The van der Waals surface area contributed by atoms with Gasteiger partial charge in [0.25, 0.3) is 5.91 Å². The molecule has 4 rings (SSSR count). The van der Waals surface area contributed by atoms with Crippen molar-refractivity contribution in [3.8, 4) is 0 Å². The minimum absolute atomic E-state index is 0.0821. The molecule has 104 valence electrons. The van der Waals surface area contributed by atoms with E-state index in [1.54, 1.807) is 11.2 Å². The van der Waals surface area contributed by atoms with Gasteiger partial charge >= 0.3 is 0 Å². The molecule has 0 spiro atoms. The molecule has 0 saturated carbocycles. The summed E-state index contributed by atoms with van der Waals surface area (Å²) < 4.78 is 5.38. The lowest BCUT2D eigenvalue weighted by atomic mass is 10.1. The van der Waals surface area contributed by atoms with Gasteiger partial charge in [0.1, 0.15) is 0 Å². The summed E-state index contributed by atoms with van der Waals surface area (Å²) in [5, 5.41) is 11.9. The molecule has 2 aliphatic heterocycles. The van der Waals surface area contributed by atoms with E-state index in [2.05, 4.69) is 15.6 Å². The minimum Gasteiger partial charge on any atom is -0.381 e. The van der Waals surface area contributed by atoms with Crippen LogP contribution in [-0.2, 0) is 16.0 Å². The number of carbonyl (C=O) groups is 1. The summed E-state index contributed by atoms with van der Waals surface area (Å²) in [5.74, 6) is 0.0821. The SMILES string of the molecule is O=C1C2=c3c(nncc3=CNN1C1CCOCC1)CC2. The van der Waals surface area contributed by atoms with E-state index in [1.165, 1.54) is 0 Å². The zero-order valence-corrected chi connectivity index (χ0v) is 11.1. The van der Waals surface area contributed by atoms with Crippen molar-refractivity contribution in [3.63, 3.8) is 0 Å². The van der Waals surface area contributed by atoms with Crippen molar-refractivity contribution in [1.29, 1.82) is 0 Å². The van der Waals surface area contributed by atoms with E-state index in [1.807, 2.05) is 6.20 Å². The largest absolute Gasteiger partial charge is 0.381 e. The first-order valence-corrected chi connectivity index (χ1v) is 7.06. The Bertz CT molecular complexity index is 679. The van der Waals surface area contributed by atoms with Gasteiger partial charge in [0.2, 0.25) is 0 Å². The van der Waals surface area contributed by atoms with Crippen LogP contribution in [0.5, 0.6) is 0 Å². The van der Waals surface area contributed by atoms with Crippen LogP contribution in [-0.4, -0.2) is 40.4 Å². The fourth-order valence-corrected chi connectivity index (χ4v) is 3.21. The standard InChI is InChI=1S/C14H16N4O2/c19-14-11-1-2-12-13(11)9(7-15-17-12)8-16-18(14)10-3-5-20-6-4-10/h7-8,10,16H,1-6H2. The number of rotatable bonds is 1. The molecule has 1 N–H and O–H groups in total. The van der Waals surface area contributed by atoms with E-state index >= 15 is 0 Å². The Labute approximate surface area is 116 Å². The van der Waals surface area contributed by atoms with E-state index < -0.39 is 0 Å². The van der Waals surface area contributed by atoms with Crippen LogP contribution in [0.15, 0.2) is 6.20 Å². The van der Waals surface area contributed by atoms with Gasteiger partial charge in [0.15, 0.2) is 0 Å². The number of carbonyl (C=O) groups excluding carboxylic acids is 1. The molecule has 6 heteroatoms. The molecule has 3 aliphatic rings. The zero-order valence-electron chi connectivity index (χ0n) is 11.1. The molecule has 1 aromatic heterocycles. The number of aromatic nitrogens is 2. The third kappa shape index (κ3) is 1.71. The van der Waals surface area contributed by atoms with Crippen molar-refractivity contribution in [2.45, 2.75) is 31.7 Å². The van der Waals surface area contributed by atoms with Crippen molar-refractivity contribution < 1.29 is 9.53 Å². The molecule has 1 saturated heterocycles. The molecule has 0 unspecified atom stereocenters. The Morgan fingerprint density at radius 1 is 1.30 bits per heavy atom. The second-order valence-electron chi connectivity index (χ2n) is 5.39. The number of hydrogen-bond acceptors (Lipinski definition) is 5. The van der Waals surface area contributed by atoms with Crippen molar-refractivity contribution in [2.75, 3.05) is 13.2 Å². The molecule has 3 heterocycles. The first-order valence-electron chi connectivity index (χ1n) is 7.06. The first kappa shape index (κ1) is 11.8. The predicted octanol–water partition coefficient (Wildman–Crippen LogP) is -1.16. The molecule has 20 heavy (non-hydrogen) atoms. The van der Waals surface area contributed by atoms with E-state index in [0.717, 1.165) is 47.4 Å². The van der Waals surface area contributed by atoms with Crippen LogP contribution in [0.3, 0.4) is 0 Å². The van der Waals surface area contributed by atoms with Crippen molar-refractivity contribution in [2.24, 2.45) is 0 Å². The second-order valence-corrected chi connectivity index (χ2v) is 5.39. The molecule has 0 radical (unpaired) electrons. The number of hydrogen-bond donors (Lipinski definition) is 1. The lowest BCUT2D eigenvalue weighted by Gasteiger charge is -2.33. The molecule has 1 aliphatic carbocycles. The minimum atomic E-state index is 0.0821. The highest BCUT2D eigenvalue weighted by Gasteiger charge is 2.31. The normalized spacial score (nSPS) is 22.1. The highest BCUT2D eigenvalue weighted by atomic mass is 16.5. The van der Waals surface area contributed by atoms with Gasteiger partial charge in [-0.1, -0.05) is 0 Å². The fourth-order valence-electron chi connectivity index (χ4n) is 3.21. The zero-order chi connectivity index (χ0) is 13.5. The number of amides is 1. The number of nitrogens with zero attached hydrogens (tertiary/aromatic N) is 3. The average molecular weight is 272 g/mol. The lowest BCUT2D eigenvalue weighted by molar-refractivity contribution is -0.131. The Balaban J connectivity index is 1.80. The summed E-state index contributed by atoms with van der Waals surface area (Å²) in [6.07, 6.45) is 6.91. The van der Waals surface area contributed by atoms with E-state index in [4.69, 9.17) is 4.74 Å². The summed E-state index contributed by atoms with van der Waals surface area (Å²) in [4.78, 5) is 12.8. The molecule has 1 fully saturated rings.